The third kappa shape index (κ3) is 3.53. The molecule has 0 radical (unpaired) electrons. The largest absolute Gasteiger partial charge is 0.396 e. The Balaban J connectivity index is 0.00000144. The summed E-state index contributed by atoms with van der Waals surface area (Å²) < 4.78 is 0. The first-order valence-corrected chi connectivity index (χ1v) is 4.24. The maximum absolute atomic E-state index is 8.67. The van der Waals surface area contributed by atoms with E-state index >= 15 is 0 Å². The summed E-state index contributed by atoms with van der Waals surface area (Å²) in [5.41, 5.74) is 6.66. The molecular formula is C9H13Cl2NO. The van der Waals surface area contributed by atoms with Crippen LogP contribution in [0.5, 0.6) is 0 Å². The second kappa shape index (κ2) is 6.22. The van der Waals surface area contributed by atoms with Crippen LogP contribution < -0.4 is 5.73 Å². The van der Waals surface area contributed by atoms with E-state index in [0.29, 0.717) is 11.4 Å². The van der Waals surface area contributed by atoms with Crippen LogP contribution >= 0.6 is 24.0 Å². The SMILES string of the molecule is Cl.NC(CCO)c1ccccc1Cl. The first kappa shape index (κ1) is 12.7. The van der Waals surface area contributed by atoms with Gasteiger partial charge in [-0.3, -0.25) is 0 Å². The van der Waals surface area contributed by atoms with Gasteiger partial charge in [0.15, 0.2) is 0 Å². The summed E-state index contributed by atoms with van der Waals surface area (Å²) in [5, 5.41) is 9.33. The van der Waals surface area contributed by atoms with Gasteiger partial charge < -0.3 is 10.8 Å². The summed E-state index contributed by atoms with van der Waals surface area (Å²) in [7, 11) is 0. The van der Waals surface area contributed by atoms with Crippen LogP contribution in [0, 0.1) is 0 Å². The summed E-state index contributed by atoms with van der Waals surface area (Å²) in [5.74, 6) is 0. The molecule has 2 nitrogen and oxygen atoms in total. The Bertz CT molecular complexity index is 255. The van der Waals surface area contributed by atoms with E-state index in [0.717, 1.165) is 5.56 Å². The monoisotopic (exact) mass is 221 g/mol. The van der Waals surface area contributed by atoms with Crippen LogP contribution in [0.25, 0.3) is 0 Å². The van der Waals surface area contributed by atoms with E-state index < -0.39 is 0 Å². The molecule has 3 N–H and O–H groups in total. The molecule has 0 bridgehead atoms. The van der Waals surface area contributed by atoms with Gasteiger partial charge >= 0.3 is 0 Å². The molecular weight excluding hydrogens is 209 g/mol. The Labute approximate surface area is 89.1 Å². The lowest BCUT2D eigenvalue weighted by Crippen LogP contribution is -2.12. The Morgan fingerprint density at radius 2 is 2.00 bits per heavy atom. The lowest BCUT2D eigenvalue weighted by molar-refractivity contribution is 0.276. The zero-order valence-electron chi connectivity index (χ0n) is 7.11. The van der Waals surface area contributed by atoms with Crippen molar-refractivity contribution in [2.75, 3.05) is 6.61 Å². The number of hydrogen-bond donors (Lipinski definition) is 2. The van der Waals surface area contributed by atoms with Crippen molar-refractivity contribution in [1.82, 2.24) is 0 Å². The number of aliphatic hydroxyl groups excluding tert-OH is 1. The molecule has 0 saturated carbocycles. The van der Waals surface area contributed by atoms with Crippen LogP contribution in [-0.4, -0.2) is 11.7 Å². The fourth-order valence-electron chi connectivity index (χ4n) is 1.07. The number of halogens is 2. The Morgan fingerprint density at radius 1 is 1.38 bits per heavy atom. The summed E-state index contributed by atoms with van der Waals surface area (Å²) in [6, 6.07) is 7.26. The molecule has 1 aromatic rings. The third-order valence-corrected chi connectivity index (χ3v) is 2.09. The molecule has 1 atom stereocenters. The molecule has 0 aliphatic rings. The molecule has 4 heteroatoms. The zero-order valence-corrected chi connectivity index (χ0v) is 8.68. The van der Waals surface area contributed by atoms with Gasteiger partial charge in [-0.25, -0.2) is 0 Å². The van der Waals surface area contributed by atoms with Gasteiger partial charge in [-0.05, 0) is 18.1 Å². The minimum Gasteiger partial charge on any atom is -0.396 e. The van der Waals surface area contributed by atoms with Crippen molar-refractivity contribution in [2.45, 2.75) is 12.5 Å². The lowest BCUT2D eigenvalue weighted by Gasteiger charge is -2.11. The van der Waals surface area contributed by atoms with E-state index in [1.165, 1.54) is 0 Å². The number of aliphatic hydroxyl groups is 1. The highest BCUT2D eigenvalue weighted by atomic mass is 35.5. The highest BCUT2D eigenvalue weighted by Crippen LogP contribution is 2.22. The first-order valence-electron chi connectivity index (χ1n) is 3.86. The van der Waals surface area contributed by atoms with Crippen molar-refractivity contribution in [3.63, 3.8) is 0 Å². The molecule has 0 fully saturated rings. The Kier molecular flexibility index (Phi) is 6.08. The zero-order chi connectivity index (χ0) is 8.97. The third-order valence-electron chi connectivity index (χ3n) is 1.74. The van der Waals surface area contributed by atoms with Gasteiger partial charge in [0.25, 0.3) is 0 Å². The quantitative estimate of drug-likeness (QED) is 0.822. The van der Waals surface area contributed by atoms with E-state index in [4.69, 9.17) is 22.4 Å². The van der Waals surface area contributed by atoms with Gasteiger partial charge in [-0.2, -0.15) is 0 Å². The summed E-state index contributed by atoms with van der Waals surface area (Å²) in [4.78, 5) is 0. The minimum atomic E-state index is -0.163. The van der Waals surface area contributed by atoms with Crippen molar-refractivity contribution in [1.29, 1.82) is 0 Å². The number of nitrogens with two attached hydrogens (primary N) is 1. The molecule has 0 aliphatic carbocycles. The molecule has 0 saturated heterocycles. The Morgan fingerprint density at radius 3 is 2.54 bits per heavy atom. The second-order valence-electron chi connectivity index (χ2n) is 2.64. The Hall–Kier alpha value is -0.280. The molecule has 0 aromatic heterocycles. The van der Waals surface area contributed by atoms with E-state index in [-0.39, 0.29) is 25.1 Å². The van der Waals surface area contributed by atoms with Gasteiger partial charge in [0, 0.05) is 17.7 Å². The lowest BCUT2D eigenvalue weighted by atomic mass is 10.1. The molecule has 74 valence electrons. The van der Waals surface area contributed by atoms with Gasteiger partial charge in [-0.15, -0.1) is 12.4 Å². The highest BCUT2D eigenvalue weighted by Gasteiger charge is 2.07. The van der Waals surface area contributed by atoms with Crippen molar-refractivity contribution >= 4 is 24.0 Å². The van der Waals surface area contributed by atoms with E-state index in [9.17, 15) is 0 Å². The van der Waals surface area contributed by atoms with Crippen LogP contribution in [0.2, 0.25) is 5.02 Å². The van der Waals surface area contributed by atoms with Crippen LogP contribution in [0.4, 0.5) is 0 Å². The van der Waals surface area contributed by atoms with Crippen LogP contribution in [0.1, 0.15) is 18.0 Å². The van der Waals surface area contributed by atoms with Gasteiger partial charge in [0.05, 0.1) is 0 Å². The molecule has 1 aromatic carbocycles. The smallest absolute Gasteiger partial charge is 0.0453 e. The molecule has 0 spiro atoms. The first-order chi connectivity index (χ1) is 5.75. The van der Waals surface area contributed by atoms with Crippen LogP contribution in [-0.2, 0) is 0 Å². The molecule has 0 heterocycles. The maximum atomic E-state index is 8.67. The van der Waals surface area contributed by atoms with Crippen molar-refractivity contribution < 1.29 is 5.11 Å². The second-order valence-corrected chi connectivity index (χ2v) is 3.05. The molecule has 0 aliphatic heterocycles. The van der Waals surface area contributed by atoms with Gasteiger partial charge in [-0.1, -0.05) is 29.8 Å². The normalized spacial score (nSPS) is 11.9. The topological polar surface area (TPSA) is 46.2 Å². The predicted octanol–water partition coefficient (Wildman–Crippen LogP) is 2.14. The number of rotatable bonds is 3. The van der Waals surface area contributed by atoms with E-state index in [1.807, 2.05) is 18.2 Å². The number of benzene rings is 1. The summed E-state index contributed by atoms with van der Waals surface area (Å²) in [6.07, 6.45) is 0.545. The summed E-state index contributed by atoms with van der Waals surface area (Å²) >= 11 is 5.89. The van der Waals surface area contributed by atoms with Crippen molar-refractivity contribution in [3.8, 4) is 0 Å². The van der Waals surface area contributed by atoms with E-state index in [2.05, 4.69) is 0 Å². The van der Waals surface area contributed by atoms with Crippen LogP contribution in [0.3, 0.4) is 0 Å². The molecule has 13 heavy (non-hydrogen) atoms. The minimum absolute atomic E-state index is 0. The molecule has 0 amide bonds. The fourth-order valence-corrected chi connectivity index (χ4v) is 1.35. The van der Waals surface area contributed by atoms with E-state index in [1.54, 1.807) is 6.07 Å². The standard InChI is InChI=1S/C9H12ClNO.ClH/c10-8-4-2-1-3-7(8)9(11)5-6-12;/h1-4,9,12H,5-6,11H2;1H. The van der Waals surface area contributed by atoms with Crippen molar-refractivity contribution in [2.24, 2.45) is 5.73 Å². The highest BCUT2D eigenvalue weighted by molar-refractivity contribution is 6.31. The average Bonchev–Trinajstić information content (AvgIpc) is 2.05. The fraction of sp³-hybridized carbons (Fsp3) is 0.333. The molecule has 1 rings (SSSR count). The molecule has 1 unspecified atom stereocenters. The van der Waals surface area contributed by atoms with Crippen LogP contribution in [0.15, 0.2) is 24.3 Å². The van der Waals surface area contributed by atoms with Gasteiger partial charge in [0.2, 0.25) is 0 Å². The summed E-state index contributed by atoms with van der Waals surface area (Å²) in [6.45, 7) is 0.0897. The van der Waals surface area contributed by atoms with Gasteiger partial charge in [0.1, 0.15) is 0 Å². The average molecular weight is 222 g/mol. The van der Waals surface area contributed by atoms with Crippen molar-refractivity contribution in [3.05, 3.63) is 34.9 Å². The maximum Gasteiger partial charge on any atom is 0.0453 e. The number of hydrogen-bond acceptors (Lipinski definition) is 2. The predicted molar refractivity (Wildman–Crippen MR) is 57.3 cm³/mol.